The van der Waals surface area contributed by atoms with Gasteiger partial charge in [0.25, 0.3) is 0 Å². The number of aromatic amines is 1. The summed E-state index contributed by atoms with van der Waals surface area (Å²) in [5, 5.41) is 7.09. The number of halogens is 2. The van der Waals surface area contributed by atoms with Crippen molar-refractivity contribution in [3.63, 3.8) is 0 Å². The van der Waals surface area contributed by atoms with Gasteiger partial charge in [-0.25, -0.2) is 4.98 Å². The molecule has 0 saturated heterocycles. The molecule has 2 heterocycles. The molecule has 3 nitrogen and oxygen atoms in total. The van der Waals surface area contributed by atoms with Crippen LogP contribution in [0.2, 0.25) is 5.15 Å². The Balaban J connectivity index is 2.91. The van der Waals surface area contributed by atoms with E-state index >= 15 is 0 Å². The molecular formula is C6H3BrClN3. The van der Waals surface area contributed by atoms with Crippen LogP contribution >= 0.6 is 27.5 Å². The van der Waals surface area contributed by atoms with Crippen LogP contribution in [0.5, 0.6) is 0 Å². The van der Waals surface area contributed by atoms with Crippen molar-refractivity contribution < 1.29 is 0 Å². The Kier molecular flexibility index (Phi) is 1.58. The number of hydrogen-bond donors (Lipinski definition) is 1. The second-order valence-electron chi connectivity index (χ2n) is 2.06. The smallest absolute Gasteiger partial charge is 0.131 e. The molecule has 0 radical (unpaired) electrons. The highest BCUT2D eigenvalue weighted by molar-refractivity contribution is 9.10. The van der Waals surface area contributed by atoms with Crippen LogP contribution in [0, 0.1) is 0 Å². The van der Waals surface area contributed by atoms with Crippen LogP contribution in [0.1, 0.15) is 0 Å². The quantitative estimate of drug-likeness (QED) is 0.709. The van der Waals surface area contributed by atoms with E-state index in [0.29, 0.717) is 5.15 Å². The van der Waals surface area contributed by atoms with E-state index in [9.17, 15) is 0 Å². The number of rotatable bonds is 0. The van der Waals surface area contributed by atoms with Gasteiger partial charge in [0.2, 0.25) is 0 Å². The van der Waals surface area contributed by atoms with Gasteiger partial charge in [0.05, 0.1) is 11.7 Å². The van der Waals surface area contributed by atoms with E-state index < -0.39 is 0 Å². The summed E-state index contributed by atoms with van der Waals surface area (Å²) >= 11 is 9.03. The molecule has 0 aliphatic carbocycles. The number of H-pyrrole nitrogens is 1. The van der Waals surface area contributed by atoms with Crippen molar-refractivity contribution in [3.8, 4) is 0 Å². The van der Waals surface area contributed by atoms with Gasteiger partial charge in [0, 0.05) is 4.47 Å². The highest BCUT2D eigenvalue weighted by atomic mass is 79.9. The zero-order valence-electron chi connectivity index (χ0n) is 5.31. The molecule has 0 saturated carbocycles. The summed E-state index contributed by atoms with van der Waals surface area (Å²) in [6, 6.07) is 1.72. The van der Waals surface area contributed by atoms with E-state index in [0.717, 1.165) is 15.5 Å². The normalized spacial score (nSPS) is 10.7. The molecule has 1 N–H and O–H groups in total. The number of hydrogen-bond acceptors (Lipinski definition) is 2. The molecule has 2 aromatic rings. The van der Waals surface area contributed by atoms with Crippen molar-refractivity contribution in [1.82, 2.24) is 15.2 Å². The molecule has 2 aromatic heterocycles. The third-order valence-corrected chi connectivity index (χ3v) is 2.15. The average Bonchev–Trinajstić information content (AvgIpc) is 2.34. The molecule has 0 fully saturated rings. The lowest BCUT2D eigenvalue weighted by molar-refractivity contribution is 1.12. The number of aromatic nitrogens is 3. The maximum Gasteiger partial charge on any atom is 0.131 e. The maximum absolute atomic E-state index is 5.70. The van der Waals surface area contributed by atoms with Gasteiger partial charge >= 0.3 is 0 Å². The molecule has 0 aliphatic rings. The highest BCUT2D eigenvalue weighted by Gasteiger charge is 2.02. The first kappa shape index (κ1) is 7.06. The Hall–Kier alpha value is -0.610. The van der Waals surface area contributed by atoms with Crippen LogP contribution in [-0.2, 0) is 0 Å². The van der Waals surface area contributed by atoms with Gasteiger partial charge in [-0.1, -0.05) is 11.6 Å². The molecule has 0 aliphatic heterocycles. The largest absolute Gasteiger partial charge is 0.275 e. The second-order valence-corrected chi connectivity index (χ2v) is 3.30. The zero-order valence-corrected chi connectivity index (χ0v) is 7.65. The average molecular weight is 232 g/mol. The Morgan fingerprint density at radius 1 is 1.55 bits per heavy atom. The number of fused-ring (bicyclic) bond motifs is 1. The Morgan fingerprint density at radius 2 is 2.36 bits per heavy atom. The third-order valence-electron chi connectivity index (χ3n) is 1.33. The summed E-state index contributed by atoms with van der Waals surface area (Å²) in [6.45, 7) is 0. The lowest BCUT2D eigenvalue weighted by atomic mass is 10.4. The molecule has 0 atom stereocenters. The fraction of sp³-hybridized carbons (Fsp3) is 0. The van der Waals surface area contributed by atoms with Gasteiger partial charge in [0.15, 0.2) is 0 Å². The van der Waals surface area contributed by atoms with Crippen LogP contribution in [-0.4, -0.2) is 15.2 Å². The summed E-state index contributed by atoms with van der Waals surface area (Å²) in [4.78, 5) is 4.04. The van der Waals surface area contributed by atoms with Gasteiger partial charge in [0.1, 0.15) is 10.7 Å². The van der Waals surface area contributed by atoms with Crippen molar-refractivity contribution in [2.24, 2.45) is 0 Å². The minimum atomic E-state index is 0.464. The minimum Gasteiger partial charge on any atom is -0.275 e. The highest BCUT2D eigenvalue weighted by Crippen LogP contribution is 2.22. The molecule has 0 unspecified atom stereocenters. The molecule has 0 spiro atoms. The summed E-state index contributed by atoms with van der Waals surface area (Å²) in [6.07, 6.45) is 1.63. The summed E-state index contributed by atoms with van der Waals surface area (Å²) < 4.78 is 0.880. The molecule has 2 rings (SSSR count). The van der Waals surface area contributed by atoms with Crippen LogP contribution in [0.4, 0.5) is 0 Å². The first-order chi connectivity index (χ1) is 5.27. The molecule has 0 amide bonds. The summed E-state index contributed by atoms with van der Waals surface area (Å²) in [5.74, 6) is 0. The number of nitrogens with one attached hydrogen (secondary N) is 1. The van der Waals surface area contributed by atoms with Crippen LogP contribution < -0.4 is 0 Å². The lowest BCUT2D eigenvalue weighted by Crippen LogP contribution is -1.77. The van der Waals surface area contributed by atoms with E-state index in [1.54, 1.807) is 12.3 Å². The molecule has 56 valence electrons. The number of pyridine rings is 1. The molecule has 0 aromatic carbocycles. The van der Waals surface area contributed by atoms with Crippen molar-refractivity contribution in [3.05, 3.63) is 21.9 Å². The van der Waals surface area contributed by atoms with Crippen LogP contribution in [0.25, 0.3) is 11.0 Å². The summed E-state index contributed by atoms with van der Waals surface area (Å²) in [7, 11) is 0. The van der Waals surface area contributed by atoms with Gasteiger partial charge < -0.3 is 0 Å². The molecule has 5 heteroatoms. The first-order valence-electron chi connectivity index (χ1n) is 2.92. The van der Waals surface area contributed by atoms with Crippen LogP contribution in [0.15, 0.2) is 16.7 Å². The zero-order chi connectivity index (χ0) is 7.84. The molecule has 11 heavy (non-hydrogen) atoms. The second kappa shape index (κ2) is 2.46. The van der Waals surface area contributed by atoms with Gasteiger partial charge in [-0.2, -0.15) is 5.10 Å². The third kappa shape index (κ3) is 1.12. The van der Waals surface area contributed by atoms with E-state index in [1.807, 2.05) is 0 Å². The van der Waals surface area contributed by atoms with Gasteiger partial charge in [-0.05, 0) is 22.0 Å². The predicted molar refractivity (Wildman–Crippen MR) is 46.6 cm³/mol. The Bertz CT molecular complexity index is 398. The van der Waals surface area contributed by atoms with Crippen LogP contribution in [0.3, 0.4) is 0 Å². The summed E-state index contributed by atoms with van der Waals surface area (Å²) in [5.41, 5.74) is 1.64. The Labute approximate surface area is 75.9 Å². The number of nitrogens with zero attached hydrogens (tertiary/aromatic N) is 2. The molecular weight excluding hydrogens is 229 g/mol. The predicted octanol–water partition coefficient (Wildman–Crippen LogP) is 2.37. The topological polar surface area (TPSA) is 41.6 Å². The van der Waals surface area contributed by atoms with Crippen molar-refractivity contribution in [1.29, 1.82) is 0 Å². The molecule has 0 bridgehead atoms. The monoisotopic (exact) mass is 231 g/mol. The SMILES string of the molecule is Clc1cc(Br)c2[nH]ncc2n1. The van der Waals surface area contributed by atoms with E-state index in [2.05, 4.69) is 31.1 Å². The van der Waals surface area contributed by atoms with E-state index in [1.165, 1.54) is 0 Å². The fourth-order valence-electron chi connectivity index (χ4n) is 0.864. The standard InChI is InChI=1S/C6H3BrClN3/c7-3-1-5(8)10-4-2-9-11-6(3)4/h1-2H,(H,9,11). The Morgan fingerprint density at radius 3 is 3.18 bits per heavy atom. The van der Waals surface area contributed by atoms with E-state index in [-0.39, 0.29) is 0 Å². The van der Waals surface area contributed by atoms with Crippen molar-refractivity contribution >= 4 is 38.6 Å². The minimum absolute atomic E-state index is 0.464. The van der Waals surface area contributed by atoms with Crippen molar-refractivity contribution in [2.45, 2.75) is 0 Å². The fourth-order valence-corrected chi connectivity index (χ4v) is 1.70. The van der Waals surface area contributed by atoms with Gasteiger partial charge in [-0.15, -0.1) is 0 Å². The lowest BCUT2D eigenvalue weighted by Gasteiger charge is -1.92. The van der Waals surface area contributed by atoms with Gasteiger partial charge in [-0.3, -0.25) is 5.10 Å². The van der Waals surface area contributed by atoms with Crippen molar-refractivity contribution in [2.75, 3.05) is 0 Å². The maximum atomic E-state index is 5.70. The van der Waals surface area contributed by atoms with E-state index in [4.69, 9.17) is 11.6 Å². The first-order valence-corrected chi connectivity index (χ1v) is 4.09.